The quantitative estimate of drug-likeness (QED) is 0.663. The Morgan fingerprint density at radius 1 is 1.19 bits per heavy atom. The molecular weight excluding hydrogens is 395 g/mol. The second-order valence-corrected chi connectivity index (χ2v) is 7.72. The molecule has 0 aliphatic heterocycles. The fraction of sp³-hybridized carbons (Fsp3) is 0.333. The van der Waals surface area contributed by atoms with Crippen molar-refractivity contribution in [2.45, 2.75) is 17.4 Å². The van der Waals surface area contributed by atoms with E-state index in [1.54, 1.807) is 17.5 Å². The fourth-order valence-corrected chi connectivity index (χ4v) is 3.81. The summed E-state index contributed by atoms with van der Waals surface area (Å²) in [5, 5.41) is 10.7. The maximum Gasteiger partial charge on any atom is 0.573 e. The molecule has 26 heavy (non-hydrogen) atoms. The Morgan fingerprint density at radius 2 is 1.88 bits per heavy atom. The number of halogens is 3. The molecular formula is C15H16F3NO5S2. The Morgan fingerprint density at radius 3 is 2.42 bits per heavy atom. The lowest BCUT2D eigenvalue weighted by atomic mass is 10.3. The van der Waals surface area contributed by atoms with Gasteiger partial charge >= 0.3 is 6.36 Å². The van der Waals surface area contributed by atoms with Crippen LogP contribution in [0.15, 0.2) is 46.7 Å². The minimum absolute atomic E-state index is 0.0355. The summed E-state index contributed by atoms with van der Waals surface area (Å²) >= 11 is 1.37. The monoisotopic (exact) mass is 411 g/mol. The molecule has 0 aliphatic carbocycles. The molecule has 1 aromatic carbocycles. The van der Waals surface area contributed by atoms with E-state index in [1.807, 2.05) is 0 Å². The van der Waals surface area contributed by atoms with Crippen molar-refractivity contribution < 1.29 is 36.2 Å². The average molecular weight is 411 g/mol. The molecule has 0 spiro atoms. The Kier molecular flexibility index (Phi) is 7.01. The van der Waals surface area contributed by atoms with Crippen LogP contribution in [-0.2, 0) is 14.8 Å². The largest absolute Gasteiger partial charge is 0.573 e. The molecule has 0 fully saturated rings. The van der Waals surface area contributed by atoms with Gasteiger partial charge in [-0.1, -0.05) is 6.07 Å². The number of nitrogens with one attached hydrogen (secondary N) is 1. The molecule has 0 amide bonds. The lowest BCUT2D eigenvalue weighted by molar-refractivity contribution is -0.274. The van der Waals surface area contributed by atoms with Gasteiger partial charge < -0.3 is 14.6 Å². The van der Waals surface area contributed by atoms with Crippen molar-refractivity contribution in [1.82, 2.24) is 4.72 Å². The van der Waals surface area contributed by atoms with Crippen LogP contribution in [0.3, 0.4) is 0 Å². The lowest BCUT2D eigenvalue weighted by Gasteiger charge is -2.17. The second kappa shape index (κ2) is 8.82. The first-order chi connectivity index (χ1) is 12.2. The van der Waals surface area contributed by atoms with E-state index in [2.05, 4.69) is 9.46 Å². The molecule has 2 aromatic rings. The van der Waals surface area contributed by atoms with Crippen LogP contribution in [0.1, 0.15) is 11.0 Å². The van der Waals surface area contributed by atoms with Crippen molar-refractivity contribution in [3.8, 4) is 5.75 Å². The van der Waals surface area contributed by atoms with Gasteiger partial charge in [-0.05, 0) is 35.7 Å². The highest BCUT2D eigenvalue weighted by Crippen LogP contribution is 2.25. The molecule has 0 bridgehead atoms. The predicted molar refractivity (Wildman–Crippen MR) is 88.4 cm³/mol. The fourth-order valence-electron chi connectivity index (χ4n) is 2.00. The number of thiophene rings is 1. The molecule has 0 radical (unpaired) electrons. The van der Waals surface area contributed by atoms with Crippen LogP contribution in [0.5, 0.6) is 5.75 Å². The molecule has 2 N–H and O–H groups in total. The number of aliphatic hydroxyl groups is 1. The van der Waals surface area contributed by atoms with Crippen molar-refractivity contribution in [3.05, 3.63) is 46.7 Å². The summed E-state index contributed by atoms with van der Waals surface area (Å²) in [7, 11) is -3.96. The Balaban J connectivity index is 2.04. The number of hydrogen-bond acceptors (Lipinski definition) is 6. The number of ether oxygens (including phenoxy) is 2. The number of aliphatic hydroxyl groups excluding tert-OH is 1. The van der Waals surface area contributed by atoms with E-state index in [-0.39, 0.29) is 24.7 Å². The third-order valence-corrected chi connectivity index (χ3v) is 5.50. The Labute approximate surface area is 152 Å². The van der Waals surface area contributed by atoms with Gasteiger partial charge in [0.2, 0.25) is 10.0 Å². The first-order valence-corrected chi connectivity index (χ1v) is 9.69. The van der Waals surface area contributed by atoms with E-state index in [0.29, 0.717) is 0 Å². The van der Waals surface area contributed by atoms with Crippen LogP contribution in [0.2, 0.25) is 0 Å². The smallest absolute Gasteiger partial charge is 0.406 e. The molecule has 0 saturated heterocycles. The summed E-state index contributed by atoms with van der Waals surface area (Å²) in [6, 6.07) is 7.41. The van der Waals surface area contributed by atoms with Crippen LogP contribution >= 0.6 is 11.3 Å². The zero-order valence-corrected chi connectivity index (χ0v) is 14.9. The van der Waals surface area contributed by atoms with Crippen molar-refractivity contribution in [1.29, 1.82) is 0 Å². The van der Waals surface area contributed by atoms with E-state index in [4.69, 9.17) is 9.84 Å². The zero-order valence-electron chi connectivity index (χ0n) is 13.3. The molecule has 0 saturated carbocycles. The first kappa shape index (κ1) is 20.6. The summed E-state index contributed by atoms with van der Waals surface area (Å²) in [5.41, 5.74) is 0. The van der Waals surface area contributed by atoms with Crippen LogP contribution in [0.4, 0.5) is 13.2 Å². The summed E-state index contributed by atoms with van der Waals surface area (Å²) in [4.78, 5) is 0.564. The molecule has 2 rings (SSSR count). The number of benzene rings is 1. The van der Waals surface area contributed by atoms with Gasteiger partial charge in [-0.2, -0.15) is 0 Å². The zero-order chi connectivity index (χ0) is 19.2. The summed E-state index contributed by atoms with van der Waals surface area (Å²) in [5.74, 6) is -0.515. The Hall–Kier alpha value is -1.66. The van der Waals surface area contributed by atoms with Crippen molar-refractivity contribution >= 4 is 21.4 Å². The van der Waals surface area contributed by atoms with Gasteiger partial charge in [0.05, 0.1) is 18.1 Å². The maximum atomic E-state index is 12.3. The lowest BCUT2D eigenvalue weighted by Crippen LogP contribution is -2.29. The molecule has 0 aliphatic rings. The van der Waals surface area contributed by atoms with E-state index >= 15 is 0 Å². The van der Waals surface area contributed by atoms with E-state index in [9.17, 15) is 21.6 Å². The SMILES string of the molecule is O=S(=O)(NCC(OCCO)c1cccs1)c1ccc(OC(F)(F)F)cc1. The maximum absolute atomic E-state index is 12.3. The minimum Gasteiger partial charge on any atom is -0.406 e. The normalized spacial score (nSPS) is 13.5. The Bertz CT molecular complexity index is 777. The summed E-state index contributed by atoms with van der Waals surface area (Å²) in [6.07, 6.45) is -5.44. The van der Waals surface area contributed by atoms with Gasteiger partial charge in [-0.3, -0.25) is 0 Å². The van der Waals surface area contributed by atoms with Gasteiger partial charge in [0, 0.05) is 11.4 Å². The third-order valence-electron chi connectivity index (χ3n) is 3.10. The molecule has 11 heteroatoms. The third kappa shape index (κ3) is 6.25. The summed E-state index contributed by atoms with van der Waals surface area (Å²) < 4.78 is 72.5. The van der Waals surface area contributed by atoms with Crippen molar-refractivity contribution in [2.24, 2.45) is 0 Å². The predicted octanol–water partition coefficient (Wildman–Crippen LogP) is 2.68. The molecule has 1 aromatic heterocycles. The number of rotatable bonds is 9. The van der Waals surface area contributed by atoms with Gasteiger partial charge in [0.1, 0.15) is 11.9 Å². The summed E-state index contributed by atoms with van der Waals surface area (Å²) in [6.45, 7) is -0.271. The van der Waals surface area contributed by atoms with Crippen LogP contribution in [-0.4, -0.2) is 39.6 Å². The molecule has 1 heterocycles. The number of alkyl halides is 3. The molecule has 1 atom stereocenters. The van der Waals surface area contributed by atoms with E-state index < -0.39 is 28.2 Å². The van der Waals surface area contributed by atoms with Crippen LogP contribution in [0.25, 0.3) is 0 Å². The minimum atomic E-state index is -4.85. The molecule has 6 nitrogen and oxygen atoms in total. The van der Waals surface area contributed by atoms with Gasteiger partial charge in [0.15, 0.2) is 0 Å². The van der Waals surface area contributed by atoms with Crippen molar-refractivity contribution in [3.63, 3.8) is 0 Å². The van der Waals surface area contributed by atoms with Crippen molar-refractivity contribution in [2.75, 3.05) is 19.8 Å². The number of sulfonamides is 1. The van der Waals surface area contributed by atoms with Gasteiger partial charge in [-0.15, -0.1) is 24.5 Å². The highest BCUT2D eigenvalue weighted by molar-refractivity contribution is 7.89. The number of hydrogen-bond donors (Lipinski definition) is 2. The standard InChI is InChI=1S/C15H16F3NO5S2/c16-15(17,18)24-11-3-5-12(6-4-11)26(21,22)19-10-13(23-8-7-20)14-2-1-9-25-14/h1-6,9,13,19-20H,7-8,10H2. The second-order valence-electron chi connectivity index (χ2n) is 4.97. The van der Waals surface area contributed by atoms with Gasteiger partial charge in [-0.25, -0.2) is 13.1 Å². The average Bonchev–Trinajstić information content (AvgIpc) is 3.08. The first-order valence-electron chi connectivity index (χ1n) is 7.32. The highest BCUT2D eigenvalue weighted by Gasteiger charge is 2.31. The molecule has 144 valence electrons. The van der Waals surface area contributed by atoms with Crippen LogP contribution in [0, 0.1) is 0 Å². The van der Waals surface area contributed by atoms with Crippen LogP contribution < -0.4 is 9.46 Å². The van der Waals surface area contributed by atoms with E-state index in [0.717, 1.165) is 29.1 Å². The topological polar surface area (TPSA) is 84.9 Å². The van der Waals surface area contributed by atoms with E-state index in [1.165, 1.54) is 11.3 Å². The van der Waals surface area contributed by atoms with Gasteiger partial charge in [0.25, 0.3) is 0 Å². The highest BCUT2D eigenvalue weighted by atomic mass is 32.2. The molecule has 1 unspecified atom stereocenters.